The van der Waals surface area contributed by atoms with Crippen molar-refractivity contribution in [2.45, 2.75) is 25.4 Å². The summed E-state index contributed by atoms with van der Waals surface area (Å²) in [6.45, 7) is 3.07. The maximum absolute atomic E-state index is 13.9. The highest BCUT2D eigenvalue weighted by Crippen LogP contribution is 2.32. The van der Waals surface area contributed by atoms with Gasteiger partial charge in [0.2, 0.25) is 5.91 Å². The Hall–Kier alpha value is -5.49. The van der Waals surface area contributed by atoms with Gasteiger partial charge in [0, 0.05) is 80.1 Å². The molecule has 2 fully saturated rings. The lowest BCUT2D eigenvalue weighted by atomic mass is 9.96. The molecule has 2 aliphatic rings. The Morgan fingerprint density at radius 2 is 1.77 bits per heavy atom. The number of nitrogens with one attached hydrogen (secondary N) is 3. The Balaban J connectivity index is 0.00000168. The number of amides is 3. The molecule has 6 rings (SSSR count). The number of carbonyl (C=O) groups is 4. The van der Waals surface area contributed by atoms with Crippen molar-refractivity contribution in [3.05, 3.63) is 82.3 Å². The predicted molar refractivity (Wildman–Crippen MR) is 180 cm³/mol. The van der Waals surface area contributed by atoms with E-state index in [1.165, 1.54) is 50.0 Å². The maximum atomic E-state index is 13.9. The summed E-state index contributed by atoms with van der Waals surface area (Å²) in [5.41, 5.74) is -0.481. The van der Waals surface area contributed by atoms with Crippen LogP contribution >= 0.6 is 11.6 Å². The number of carboxylic acid groups (broad SMARTS) is 1. The third kappa shape index (κ3) is 9.05. The predicted octanol–water partition coefficient (Wildman–Crippen LogP) is 3.50. The van der Waals surface area contributed by atoms with Crippen LogP contribution in [0.3, 0.4) is 0 Å². The average molecular weight is 746 g/mol. The summed E-state index contributed by atoms with van der Waals surface area (Å²) in [4.78, 5) is 61.8. The van der Waals surface area contributed by atoms with E-state index in [4.69, 9.17) is 26.2 Å². The van der Waals surface area contributed by atoms with Crippen molar-refractivity contribution in [3.63, 3.8) is 0 Å². The Kier molecular flexibility index (Phi) is 12.1. The van der Waals surface area contributed by atoms with Gasteiger partial charge in [0.15, 0.2) is 17.3 Å². The highest BCUT2D eigenvalue weighted by atomic mass is 35.5. The summed E-state index contributed by atoms with van der Waals surface area (Å²) in [6, 6.07) is 7.47. The zero-order chi connectivity index (χ0) is 37.4. The summed E-state index contributed by atoms with van der Waals surface area (Å²) in [5.74, 6) is -0.395. The normalized spacial score (nSPS) is 15.0. The van der Waals surface area contributed by atoms with Gasteiger partial charge in [-0.25, -0.2) is 14.6 Å². The first kappa shape index (κ1) is 37.8. The average Bonchev–Trinajstić information content (AvgIpc) is 3.80. The number of pyridine rings is 1. The van der Waals surface area contributed by atoms with E-state index in [1.807, 2.05) is 4.90 Å². The first-order chi connectivity index (χ1) is 24.9. The molecule has 5 heterocycles. The Morgan fingerprint density at radius 1 is 1.08 bits per heavy atom. The van der Waals surface area contributed by atoms with Crippen molar-refractivity contribution < 1.29 is 42.2 Å². The van der Waals surface area contributed by atoms with Crippen LogP contribution < -0.4 is 15.4 Å². The topological polar surface area (TPSA) is 188 Å². The van der Waals surface area contributed by atoms with Gasteiger partial charge in [0.05, 0.1) is 17.7 Å². The quantitative estimate of drug-likeness (QED) is 0.195. The van der Waals surface area contributed by atoms with Crippen molar-refractivity contribution in [2.75, 3.05) is 51.7 Å². The van der Waals surface area contributed by atoms with Crippen LogP contribution in [0, 0.1) is 5.92 Å². The number of aromatic nitrogens is 5. The summed E-state index contributed by atoms with van der Waals surface area (Å²) in [6.07, 6.45) is 0.515. The Bertz CT molecular complexity index is 1900. The lowest BCUT2D eigenvalue weighted by Gasteiger charge is -2.37. The van der Waals surface area contributed by atoms with Gasteiger partial charge in [-0.3, -0.25) is 19.2 Å². The van der Waals surface area contributed by atoms with Crippen LogP contribution in [0.5, 0.6) is 5.75 Å². The first-order valence-electron chi connectivity index (χ1n) is 16.1. The smallest absolute Gasteiger partial charge is 0.435 e. The third-order valence-corrected chi connectivity index (χ3v) is 8.81. The molecule has 2 aliphatic heterocycles. The van der Waals surface area contributed by atoms with E-state index < -0.39 is 17.8 Å². The number of aromatic amines is 1. The van der Waals surface area contributed by atoms with Gasteiger partial charge >= 0.3 is 6.18 Å². The van der Waals surface area contributed by atoms with Crippen LogP contribution in [0.25, 0.3) is 5.82 Å². The minimum absolute atomic E-state index is 0.0176. The lowest BCUT2D eigenvalue weighted by Crippen LogP contribution is -2.52. The molecular formula is C33H35ClF3N9O6. The van der Waals surface area contributed by atoms with E-state index >= 15 is 0 Å². The van der Waals surface area contributed by atoms with Gasteiger partial charge in [0.1, 0.15) is 5.75 Å². The number of carbonyl (C=O) groups excluding carboxylic acids is 3. The highest BCUT2D eigenvalue weighted by Gasteiger charge is 2.37. The van der Waals surface area contributed by atoms with Gasteiger partial charge in [-0.2, -0.15) is 18.3 Å². The molecule has 1 aromatic carbocycles. The largest absolute Gasteiger partial charge is 0.497 e. The van der Waals surface area contributed by atoms with Crippen molar-refractivity contribution >= 4 is 41.5 Å². The molecule has 0 bridgehead atoms. The SMILES string of the molecule is COc1ccnc(-n2cc(Cc3cnc(C(=O)Nc4ccc(C(=O)N5CCN(C(=O)C6CCNCC6)CC5)c(Cl)c4)[nH]3)c(C(F)(F)F)n2)c1.O=CO. The van der Waals surface area contributed by atoms with E-state index in [9.17, 15) is 27.6 Å². The standard InChI is InChI=1S/C32H33ClF3N9O4.CH2O2/c1-49-23-6-9-38-26(16-23)45-18-20(27(42-45)32(34,35)36)14-22-17-39-28(40-22)29(46)41-21-2-3-24(25(33)15-21)31(48)44-12-10-43(11-13-44)30(47)19-4-7-37-8-5-19;2-1-3/h2-3,6,9,15-19,37H,4-5,7-8,10-14H2,1H3,(H,39,40)(H,41,46);1H,(H,2,3). The van der Waals surface area contributed by atoms with Crippen LogP contribution in [-0.4, -0.2) is 110 Å². The number of ether oxygens (including phenoxy) is 1. The maximum Gasteiger partial charge on any atom is 0.435 e. The Morgan fingerprint density at radius 3 is 2.42 bits per heavy atom. The van der Waals surface area contributed by atoms with E-state index in [2.05, 4.69) is 30.7 Å². The number of benzene rings is 1. The number of halogens is 4. The molecule has 0 atom stereocenters. The highest BCUT2D eigenvalue weighted by molar-refractivity contribution is 6.34. The zero-order valence-corrected chi connectivity index (χ0v) is 28.6. The molecule has 4 N–H and O–H groups in total. The van der Waals surface area contributed by atoms with E-state index in [-0.39, 0.29) is 69.8 Å². The number of anilines is 1. The van der Waals surface area contributed by atoms with Crippen molar-refractivity contribution in [1.82, 2.24) is 39.8 Å². The fourth-order valence-corrected chi connectivity index (χ4v) is 6.16. The summed E-state index contributed by atoms with van der Waals surface area (Å²) in [5, 5.41) is 16.6. The molecule has 15 nitrogen and oxygen atoms in total. The van der Waals surface area contributed by atoms with E-state index in [0.29, 0.717) is 31.9 Å². The number of hydrogen-bond donors (Lipinski definition) is 4. The second-order valence-electron chi connectivity index (χ2n) is 11.8. The summed E-state index contributed by atoms with van der Waals surface area (Å²) >= 11 is 6.46. The molecule has 4 aromatic rings. The third-order valence-electron chi connectivity index (χ3n) is 8.49. The lowest BCUT2D eigenvalue weighted by molar-refractivity contribution is -0.142. The summed E-state index contributed by atoms with van der Waals surface area (Å²) in [7, 11) is 1.43. The first-order valence-corrected chi connectivity index (χ1v) is 16.5. The molecule has 52 heavy (non-hydrogen) atoms. The molecule has 0 spiro atoms. The molecule has 0 saturated carbocycles. The fraction of sp³-hybridized carbons (Fsp3) is 0.364. The number of nitrogens with zero attached hydrogens (tertiary/aromatic N) is 6. The van der Waals surface area contributed by atoms with Crippen molar-refractivity contribution in [1.29, 1.82) is 0 Å². The van der Waals surface area contributed by atoms with Crippen LogP contribution in [0.4, 0.5) is 18.9 Å². The second-order valence-corrected chi connectivity index (χ2v) is 12.2. The number of alkyl halides is 3. The number of H-pyrrole nitrogens is 1. The number of piperazine rings is 1. The number of hydrogen-bond acceptors (Lipinski definition) is 9. The van der Waals surface area contributed by atoms with Crippen molar-refractivity contribution in [3.8, 4) is 11.6 Å². The molecule has 0 aliphatic carbocycles. The van der Waals surface area contributed by atoms with Gasteiger partial charge < -0.3 is 35.3 Å². The minimum Gasteiger partial charge on any atom is -0.497 e. The second kappa shape index (κ2) is 16.7. The zero-order valence-electron chi connectivity index (χ0n) is 27.8. The molecule has 0 unspecified atom stereocenters. The van der Waals surface area contributed by atoms with E-state index in [1.54, 1.807) is 11.0 Å². The van der Waals surface area contributed by atoms with E-state index in [0.717, 1.165) is 30.6 Å². The summed E-state index contributed by atoms with van der Waals surface area (Å²) < 4.78 is 47.7. The monoisotopic (exact) mass is 745 g/mol. The molecule has 2 saturated heterocycles. The van der Waals surface area contributed by atoms with Gasteiger partial charge in [-0.1, -0.05) is 11.6 Å². The van der Waals surface area contributed by atoms with Gasteiger partial charge in [-0.15, -0.1) is 0 Å². The fourth-order valence-electron chi connectivity index (χ4n) is 5.90. The number of imidazole rings is 1. The van der Waals surface area contributed by atoms with Crippen LogP contribution in [-0.2, 0) is 22.2 Å². The van der Waals surface area contributed by atoms with Gasteiger partial charge in [0.25, 0.3) is 18.3 Å². The van der Waals surface area contributed by atoms with Crippen LogP contribution in [0.1, 0.15) is 50.8 Å². The molecule has 3 aromatic heterocycles. The van der Waals surface area contributed by atoms with Crippen molar-refractivity contribution in [2.24, 2.45) is 5.92 Å². The minimum atomic E-state index is -4.74. The molecule has 0 radical (unpaired) electrons. The van der Waals surface area contributed by atoms with Crippen LogP contribution in [0.2, 0.25) is 5.02 Å². The molecule has 19 heteroatoms. The van der Waals surface area contributed by atoms with Crippen LogP contribution in [0.15, 0.2) is 48.9 Å². The van der Waals surface area contributed by atoms with Gasteiger partial charge in [-0.05, 0) is 50.2 Å². The molecule has 3 amide bonds. The molecular weight excluding hydrogens is 711 g/mol. The number of rotatable bonds is 8. The Labute approximate surface area is 300 Å². The number of methoxy groups -OCH3 is 1. The number of piperidine rings is 1. The molecule has 276 valence electrons.